The Labute approximate surface area is 91.4 Å². The molecule has 0 atom stereocenters. The summed E-state index contributed by atoms with van der Waals surface area (Å²) in [6, 6.07) is 6.63. The Bertz CT molecular complexity index is 350. The van der Waals surface area contributed by atoms with E-state index in [-0.39, 0.29) is 5.41 Å². The van der Waals surface area contributed by atoms with Gasteiger partial charge in [-0.15, -0.1) is 0 Å². The zero-order valence-electron chi connectivity index (χ0n) is 9.55. The molecule has 0 saturated carbocycles. The number of nitrogens with two attached hydrogens (primary N) is 1. The Morgan fingerprint density at radius 2 is 2.07 bits per heavy atom. The molecule has 1 fully saturated rings. The van der Waals surface area contributed by atoms with Crippen molar-refractivity contribution in [2.24, 2.45) is 11.1 Å². The first-order chi connectivity index (χ1) is 7.15. The van der Waals surface area contributed by atoms with Gasteiger partial charge in [0.15, 0.2) is 0 Å². The third-order valence-electron chi connectivity index (χ3n) is 3.31. The van der Waals surface area contributed by atoms with E-state index in [0.29, 0.717) is 0 Å². The van der Waals surface area contributed by atoms with Crippen molar-refractivity contribution < 1.29 is 4.74 Å². The molecule has 1 heterocycles. The van der Waals surface area contributed by atoms with Gasteiger partial charge < -0.3 is 10.5 Å². The van der Waals surface area contributed by atoms with Crippen LogP contribution in [0.3, 0.4) is 0 Å². The lowest BCUT2D eigenvalue weighted by Crippen LogP contribution is -2.49. The van der Waals surface area contributed by atoms with Crippen molar-refractivity contribution in [3.63, 3.8) is 0 Å². The molecule has 2 N–H and O–H groups in total. The number of ether oxygens (including phenoxy) is 1. The molecule has 1 aromatic carbocycles. The molecule has 2 nitrogen and oxygen atoms in total. The van der Waals surface area contributed by atoms with Crippen molar-refractivity contribution >= 4 is 0 Å². The number of rotatable bonds is 3. The summed E-state index contributed by atoms with van der Waals surface area (Å²) in [7, 11) is 0. The third-order valence-corrected chi connectivity index (χ3v) is 3.31. The number of benzene rings is 1. The summed E-state index contributed by atoms with van der Waals surface area (Å²) in [6.07, 6.45) is 1.05. The second kappa shape index (κ2) is 3.95. The smallest absolute Gasteiger partial charge is 0.0560 e. The van der Waals surface area contributed by atoms with Crippen LogP contribution < -0.4 is 5.73 Å². The Kier molecular flexibility index (Phi) is 2.81. The van der Waals surface area contributed by atoms with E-state index < -0.39 is 0 Å². The second-order valence-corrected chi connectivity index (χ2v) is 4.80. The van der Waals surface area contributed by atoms with Crippen LogP contribution in [0, 0.1) is 19.3 Å². The topological polar surface area (TPSA) is 35.2 Å². The standard InChI is InChI=1S/C13H19NO/c1-10-3-4-12(11(2)5-10)6-13(7-14)8-15-9-13/h3-5H,6-9,14H2,1-2H3. The van der Waals surface area contributed by atoms with Gasteiger partial charge in [0.2, 0.25) is 0 Å². The molecule has 0 unspecified atom stereocenters. The van der Waals surface area contributed by atoms with E-state index in [9.17, 15) is 0 Å². The molecule has 82 valence electrons. The van der Waals surface area contributed by atoms with Crippen molar-refractivity contribution in [2.45, 2.75) is 20.3 Å². The summed E-state index contributed by atoms with van der Waals surface area (Å²) >= 11 is 0. The highest BCUT2D eigenvalue weighted by Gasteiger charge is 2.37. The fourth-order valence-corrected chi connectivity index (χ4v) is 2.13. The number of aryl methyl sites for hydroxylation is 2. The lowest BCUT2D eigenvalue weighted by molar-refractivity contribution is -0.106. The summed E-state index contributed by atoms with van der Waals surface area (Å²) in [5.74, 6) is 0. The molecule has 2 rings (SSSR count). The van der Waals surface area contributed by atoms with E-state index in [2.05, 4.69) is 32.0 Å². The maximum Gasteiger partial charge on any atom is 0.0560 e. The monoisotopic (exact) mass is 205 g/mol. The highest BCUT2D eigenvalue weighted by molar-refractivity contribution is 5.31. The predicted octanol–water partition coefficient (Wildman–Crippen LogP) is 1.82. The van der Waals surface area contributed by atoms with Gasteiger partial charge in [-0.05, 0) is 31.4 Å². The van der Waals surface area contributed by atoms with Crippen LogP contribution in [-0.4, -0.2) is 19.8 Å². The van der Waals surface area contributed by atoms with Crippen LogP contribution in [0.25, 0.3) is 0 Å². The van der Waals surface area contributed by atoms with Crippen LogP contribution in [-0.2, 0) is 11.2 Å². The fourth-order valence-electron chi connectivity index (χ4n) is 2.13. The van der Waals surface area contributed by atoms with E-state index in [1.807, 2.05) is 0 Å². The zero-order valence-corrected chi connectivity index (χ0v) is 9.55. The maximum atomic E-state index is 5.82. The average Bonchev–Trinajstić information content (AvgIpc) is 2.14. The molecule has 1 aliphatic rings. The van der Waals surface area contributed by atoms with Crippen LogP contribution in [0.5, 0.6) is 0 Å². The van der Waals surface area contributed by atoms with Gasteiger partial charge in [0.25, 0.3) is 0 Å². The lowest BCUT2D eigenvalue weighted by atomic mass is 9.79. The summed E-state index contributed by atoms with van der Waals surface area (Å²) in [4.78, 5) is 0. The van der Waals surface area contributed by atoms with Crippen LogP contribution in [0.1, 0.15) is 16.7 Å². The zero-order chi connectivity index (χ0) is 10.9. The van der Waals surface area contributed by atoms with Gasteiger partial charge in [0.1, 0.15) is 0 Å². The molecule has 1 aliphatic heterocycles. The van der Waals surface area contributed by atoms with Gasteiger partial charge in [-0.3, -0.25) is 0 Å². The minimum Gasteiger partial charge on any atom is -0.380 e. The molecule has 0 aromatic heterocycles. The van der Waals surface area contributed by atoms with Crippen LogP contribution >= 0.6 is 0 Å². The first-order valence-corrected chi connectivity index (χ1v) is 5.49. The normalized spacial score (nSPS) is 18.6. The largest absolute Gasteiger partial charge is 0.380 e. The average molecular weight is 205 g/mol. The van der Waals surface area contributed by atoms with Crippen LogP contribution in [0.2, 0.25) is 0 Å². The molecular weight excluding hydrogens is 186 g/mol. The lowest BCUT2D eigenvalue weighted by Gasteiger charge is -2.41. The van der Waals surface area contributed by atoms with Crippen molar-refractivity contribution in [1.82, 2.24) is 0 Å². The highest BCUT2D eigenvalue weighted by atomic mass is 16.5. The Balaban J connectivity index is 2.16. The molecule has 0 spiro atoms. The summed E-state index contributed by atoms with van der Waals surface area (Å²) in [5, 5.41) is 0. The minimum atomic E-state index is 0.208. The van der Waals surface area contributed by atoms with Gasteiger partial charge in [-0.25, -0.2) is 0 Å². The van der Waals surface area contributed by atoms with Crippen molar-refractivity contribution in [2.75, 3.05) is 19.8 Å². The van der Waals surface area contributed by atoms with Crippen LogP contribution in [0.15, 0.2) is 18.2 Å². The number of hydrogen-bond donors (Lipinski definition) is 1. The van der Waals surface area contributed by atoms with Crippen LogP contribution in [0.4, 0.5) is 0 Å². The quantitative estimate of drug-likeness (QED) is 0.817. The molecule has 2 heteroatoms. The van der Waals surface area contributed by atoms with E-state index in [1.165, 1.54) is 16.7 Å². The molecule has 1 aromatic rings. The molecular formula is C13H19NO. The molecule has 0 aliphatic carbocycles. The maximum absolute atomic E-state index is 5.82. The SMILES string of the molecule is Cc1ccc(CC2(CN)COC2)c(C)c1. The first kappa shape index (κ1) is 10.7. The minimum absolute atomic E-state index is 0.208. The van der Waals surface area contributed by atoms with E-state index in [4.69, 9.17) is 10.5 Å². The van der Waals surface area contributed by atoms with Gasteiger partial charge in [-0.1, -0.05) is 23.8 Å². The summed E-state index contributed by atoms with van der Waals surface area (Å²) in [5.41, 5.74) is 10.1. The van der Waals surface area contributed by atoms with Crippen molar-refractivity contribution in [1.29, 1.82) is 0 Å². The van der Waals surface area contributed by atoms with E-state index in [0.717, 1.165) is 26.2 Å². The summed E-state index contributed by atoms with van der Waals surface area (Å²) < 4.78 is 5.28. The first-order valence-electron chi connectivity index (χ1n) is 5.49. The Morgan fingerprint density at radius 1 is 1.33 bits per heavy atom. The van der Waals surface area contributed by atoms with E-state index in [1.54, 1.807) is 0 Å². The third kappa shape index (κ3) is 2.06. The molecule has 0 amide bonds. The fraction of sp³-hybridized carbons (Fsp3) is 0.538. The molecule has 0 radical (unpaired) electrons. The molecule has 15 heavy (non-hydrogen) atoms. The second-order valence-electron chi connectivity index (χ2n) is 4.80. The predicted molar refractivity (Wildman–Crippen MR) is 61.9 cm³/mol. The number of hydrogen-bond acceptors (Lipinski definition) is 2. The van der Waals surface area contributed by atoms with Crippen molar-refractivity contribution in [3.8, 4) is 0 Å². The van der Waals surface area contributed by atoms with Gasteiger partial charge in [-0.2, -0.15) is 0 Å². The van der Waals surface area contributed by atoms with Gasteiger partial charge in [0.05, 0.1) is 13.2 Å². The summed E-state index contributed by atoms with van der Waals surface area (Å²) in [6.45, 7) is 6.65. The van der Waals surface area contributed by atoms with E-state index >= 15 is 0 Å². The molecule has 0 bridgehead atoms. The Morgan fingerprint density at radius 3 is 2.53 bits per heavy atom. The van der Waals surface area contributed by atoms with Crippen molar-refractivity contribution in [3.05, 3.63) is 34.9 Å². The Hall–Kier alpha value is -0.860. The highest BCUT2D eigenvalue weighted by Crippen LogP contribution is 2.31. The molecule has 1 saturated heterocycles. The van der Waals surface area contributed by atoms with Gasteiger partial charge >= 0.3 is 0 Å². The van der Waals surface area contributed by atoms with Gasteiger partial charge in [0, 0.05) is 12.0 Å².